The first-order valence-electron chi connectivity index (χ1n) is 8.24. The number of benzene rings is 1. The Morgan fingerprint density at radius 2 is 1.82 bits per heavy atom. The summed E-state index contributed by atoms with van der Waals surface area (Å²) in [7, 11) is 1.58. The van der Waals surface area contributed by atoms with E-state index in [-0.39, 0.29) is 23.0 Å². The molecule has 1 aliphatic rings. The number of hydrazine groups is 2. The van der Waals surface area contributed by atoms with Crippen LogP contribution in [0.5, 0.6) is 0 Å². The predicted octanol–water partition coefficient (Wildman–Crippen LogP) is 2.12. The molecule has 0 radical (unpaired) electrons. The summed E-state index contributed by atoms with van der Waals surface area (Å²) in [5.41, 5.74) is 16.0. The third-order valence-corrected chi connectivity index (χ3v) is 4.28. The number of nitrogen functional groups attached to an aromatic ring is 2. The molecule has 1 aromatic carbocycles. The van der Waals surface area contributed by atoms with Crippen LogP contribution in [-0.2, 0) is 0 Å². The zero-order valence-corrected chi connectivity index (χ0v) is 14.8. The number of hydrogen-bond donors (Lipinski definition) is 3. The van der Waals surface area contributed by atoms with Crippen molar-refractivity contribution in [3.05, 3.63) is 66.1 Å². The van der Waals surface area contributed by atoms with Gasteiger partial charge in [-0.1, -0.05) is 6.07 Å². The molecule has 0 bridgehead atoms. The Labute approximate surface area is 159 Å². The molecular formula is C18H16F2N8. The molecule has 3 aromatic rings. The van der Waals surface area contributed by atoms with E-state index in [1.807, 2.05) is 6.07 Å². The molecule has 4 rings (SSSR count). The van der Waals surface area contributed by atoms with Crippen LogP contribution in [0.15, 0.2) is 54.0 Å². The number of nitrogens with two attached hydrogens (primary N) is 2. The van der Waals surface area contributed by atoms with Gasteiger partial charge in [0.15, 0.2) is 11.7 Å². The summed E-state index contributed by atoms with van der Waals surface area (Å²) >= 11 is 0. The average molecular weight is 382 g/mol. The number of halogens is 2. The van der Waals surface area contributed by atoms with Gasteiger partial charge in [0, 0.05) is 36.8 Å². The van der Waals surface area contributed by atoms with Crippen molar-refractivity contribution in [3.63, 3.8) is 0 Å². The number of nitrogens with zero attached hydrogens (tertiary/aromatic N) is 5. The lowest BCUT2D eigenvalue weighted by Gasteiger charge is -2.28. The van der Waals surface area contributed by atoms with E-state index in [9.17, 15) is 8.78 Å². The second-order valence-corrected chi connectivity index (χ2v) is 6.06. The number of aromatic nitrogens is 2. The fourth-order valence-electron chi connectivity index (χ4n) is 2.90. The zero-order valence-electron chi connectivity index (χ0n) is 14.8. The zero-order chi connectivity index (χ0) is 19.8. The highest BCUT2D eigenvalue weighted by molar-refractivity contribution is 6.14. The van der Waals surface area contributed by atoms with Crippen molar-refractivity contribution in [1.82, 2.24) is 20.6 Å². The first-order valence-corrected chi connectivity index (χ1v) is 8.24. The number of nitrogens with one attached hydrogen (secondary N) is 1. The number of hydrazone groups is 1. The highest BCUT2D eigenvalue weighted by atomic mass is 19.1. The van der Waals surface area contributed by atoms with E-state index in [1.165, 1.54) is 10.1 Å². The van der Waals surface area contributed by atoms with Crippen molar-refractivity contribution < 1.29 is 8.78 Å². The SMILES string of the molecule is CN1NN=C(c2cc(-c3cccnc3)cnc2N)N1c1c(F)ccc(F)c1N. The van der Waals surface area contributed by atoms with E-state index in [4.69, 9.17) is 11.5 Å². The lowest BCUT2D eigenvalue weighted by molar-refractivity contribution is 0.276. The molecule has 0 saturated carbocycles. The summed E-state index contributed by atoms with van der Waals surface area (Å²) < 4.78 is 28.5. The number of anilines is 3. The second-order valence-electron chi connectivity index (χ2n) is 6.06. The van der Waals surface area contributed by atoms with Crippen LogP contribution in [0.3, 0.4) is 0 Å². The topological polar surface area (TPSA) is 109 Å². The second kappa shape index (κ2) is 6.74. The first-order chi connectivity index (χ1) is 13.5. The molecule has 0 atom stereocenters. The smallest absolute Gasteiger partial charge is 0.181 e. The molecule has 0 saturated heterocycles. The lowest BCUT2D eigenvalue weighted by Crippen LogP contribution is -2.44. The minimum atomic E-state index is -0.744. The van der Waals surface area contributed by atoms with Crippen LogP contribution in [0.4, 0.5) is 26.0 Å². The fourth-order valence-corrected chi connectivity index (χ4v) is 2.90. The molecule has 28 heavy (non-hydrogen) atoms. The van der Waals surface area contributed by atoms with Crippen LogP contribution in [0, 0.1) is 11.6 Å². The Morgan fingerprint density at radius 1 is 1.04 bits per heavy atom. The molecule has 0 amide bonds. The van der Waals surface area contributed by atoms with Crippen molar-refractivity contribution in [2.75, 3.05) is 23.5 Å². The summed E-state index contributed by atoms with van der Waals surface area (Å²) in [6, 6.07) is 7.38. The lowest BCUT2D eigenvalue weighted by atomic mass is 10.1. The maximum absolute atomic E-state index is 14.5. The van der Waals surface area contributed by atoms with Crippen molar-refractivity contribution in [2.45, 2.75) is 0 Å². The number of pyridine rings is 2. The van der Waals surface area contributed by atoms with Crippen LogP contribution in [-0.4, -0.2) is 28.0 Å². The Bertz CT molecular complexity index is 1070. The molecule has 0 unspecified atom stereocenters. The largest absolute Gasteiger partial charge is 0.395 e. The van der Waals surface area contributed by atoms with Crippen LogP contribution < -0.4 is 22.0 Å². The third-order valence-electron chi connectivity index (χ3n) is 4.28. The van der Waals surface area contributed by atoms with Crippen LogP contribution >= 0.6 is 0 Å². The number of amidine groups is 1. The van der Waals surface area contributed by atoms with Crippen molar-refractivity contribution in [3.8, 4) is 11.1 Å². The van der Waals surface area contributed by atoms with E-state index in [1.54, 1.807) is 37.8 Å². The minimum absolute atomic E-state index is 0.170. The molecule has 2 aromatic heterocycles. The van der Waals surface area contributed by atoms with Crippen molar-refractivity contribution in [2.24, 2.45) is 5.10 Å². The van der Waals surface area contributed by atoms with Gasteiger partial charge >= 0.3 is 0 Å². The third kappa shape index (κ3) is 2.85. The van der Waals surface area contributed by atoms with Gasteiger partial charge in [0.25, 0.3) is 0 Å². The van der Waals surface area contributed by atoms with Crippen molar-refractivity contribution in [1.29, 1.82) is 0 Å². The highest BCUT2D eigenvalue weighted by Gasteiger charge is 2.32. The highest BCUT2D eigenvalue weighted by Crippen LogP contribution is 2.33. The monoisotopic (exact) mass is 382 g/mol. The van der Waals surface area contributed by atoms with Gasteiger partial charge in [0.05, 0.1) is 11.3 Å². The number of hydrogen-bond acceptors (Lipinski definition) is 8. The van der Waals surface area contributed by atoms with E-state index in [0.29, 0.717) is 5.56 Å². The molecule has 1 aliphatic heterocycles. The fraction of sp³-hybridized carbons (Fsp3) is 0.0556. The Balaban J connectivity index is 1.84. The molecular weight excluding hydrogens is 366 g/mol. The van der Waals surface area contributed by atoms with Gasteiger partial charge in [0.2, 0.25) is 0 Å². The van der Waals surface area contributed by atoms with E-state index >= 15 is 0 Å². The molecule has 5 N–H and O–H groups in total. The summed E-state index contributed by atoms with van der Waals surface area (Å²) in [6.45, 7) is 0. The van der Waals surface area contributed by atoms with Crippen molar-refractivity contribution >= 4 is 23.0 Å². The van der Waals surface area contributed by atoms with E-state index in [0.717, 1.165) is 23.3 Å². The summed E-state index contributed by atoms with van der Waals surface area (Å²) in [5.74, 6) is -1.07. The van der Waals surface area contributed by atoms with E-state index < -0.39 is 11.6 Å². The van der Waals surface area contributed by atoms with Gasteiger partial charge in [-0.3, -0.25) is 4.98 Å². The molecule has 142 valence electrons. The van der Waals surface area contributed by atoms with Crippen LogP contribution in [0.25, 0.3) is 11.1 Å². The Kier molecular flexibility index (Phi) is 4.24. The number of rotatable bonds is 3. The summed E-state index contributed by atoms with van der Waals surface area (Å²) in [5, 5.41) is 6.85. The summed E-state index contributed by atoms with van der Waals surface area (Å²) in [4.78, 5) is 8.30. The normalized spacial score (nSPS) is 14.1. The standard InChI is InChI=1S/C18H16F2N8/c1-27-26-25-18(28(27)16-14(20)5-4-13(19)15(16)21)12-7-11(9-24-17(12)22)10-3-2-6-23-8-10/h2-9,26H,21H2,1H3,(H2,22,24). The van der Waals surface area contributed by atoms with Crippen LogP contribution in [0.2, 0.25) is 0 Å². The molecule has 0 fully saturated rings. The average Bonchev–Trinajstić information content (AvgIpc) is 3.07. The van der Waals surface area contributed by atoms with Gasteiger partial charge in [-0.2, -0.15) is 0 Å². The molecule has 0 spiro atoms. The minimum Gasteiger partial charge on any atom is -0.395 e. The molecule has 3 heterocycles. The van der Waals surface area contributed by atoms with E-state index in [2.05, 4.69) is 20.6 Å². The van der Waals surface area contributed by atoms with Crippen LogP contribution in [0.1, 0.15) is 5.56 Å². The predicted molar refractivity (Wildman–Crippen MR) is 103 cm³/mol. The summed E-state index contributed by atoms with van der Waals surface area (Å²) in [6.07, 6.45) is 4.94. The van der Waals surface area contributed by atoms with Gasteiger partial charge in [-0.15, -0.1) is 10.2 Å². The molecule has 0 aliphatic carbocycles. The maximum atomic E-state index is 14.5. The van der Waals surface area contributed by atoms with Gasteiger partial charge in [-0.05, 0) is 24.3 Å². The molecule has 10 heteroatoms. The van der Waals surface area contributed by atoms with Gasteiger partial charge in [0.1, 0.15) is 17.3 Å². The Hall–Kier alpha value is -3.79. The van der Waals surface area contributed by atoms with Gasteiger partial charge in [-0.25, -0.2) is 24.3 Å². The Morgan fingerprint density at radius 3 is 2.57 bits per heavy atom. The quantitative estimate of drug-likeness (QED) is 0.596. The van der Waals surface area contributed by atoms with Gasteiger partial charge < -0.3 is 11.5 Å². The first kappa shape index (κ1) is 17.6. The molecule has 8 nitrogen and oxygen atoms in total. The maximum Gasteiger partial charge on any atom is 0.181 e.